The van der Waals surface area contributed by atoms with Crippen molar-refractivity contribution in [3.05, 3.63) is 54.1 Å². The molecule has 0 saturated heterocycles. The largest absolute Gasteiger partial charge is 0.496 e. The Kier molecular flexibility index (Phi) is 4.38. The Bertz CT molecular complexity index is 596. The van der Waals surface area contributed by atoms with Gasteiger partial charge in [0.25, 0.3) is 0 Å². The van der Waals surface area contributed by atoms with E-state index in [1.165, 1.54) is 0 Å². The van der Waals surface area contributed by atoms with Crippen LogP contribution in [0.2, 0.25) is 0 Å². The molecule has 3 N–H and O–H groups in total. The Morgan fingerprint density at radius 3 is 2.55 bits per heavy atom. The van der Waals surface area contributed by atoms with E-state index in [9.17, 15) is 4.79 Å². The molecule has 0 bridgehead atoms. The summed E-state index contributed by atoms with van der Waals surface area (Å²) < 4.78 is 5.39. The molecule has 0 amide bonds. The second-order valence-electron chi connectivity index (χ2n) is 4.55. The van der Waals surface area contributed by atoms with E-state index >= 15 is 0 Å². The minimum Gasteiger partial charge on any atom is -0.496 e. The van der Waals surface area contributed by atoms with E-state index in [4.69, 9.17) is 15.6 Å². The SMILES string of the molecule is COc1cc(C[C@H](N)C(=O)O)ccc1-c1ccccc1. The van der Waals surface area contributed by atoms with Crippen LogP contribution >= 0.6 is 0 Å². The normalized spacial score (nSPS) is 11.9. The average molecular weight is 271 g/mol. The molecule has 2 rings (SSSR count). The molecule has 0 aliphatic heterocycles. The van der Waals surface area contributed by atoms with Crippen LogP contribution in [0.25, 0.3) is 11.1 Å². The molecular formula is C16H17NO3. The Labute approximate surface area is 117 Å². The fourth-order valence-corrected chi connectivity index (χ4v) is 2.06. The van der Waals surface area contributed by atoms with Crippen molar-refractivity contribution < 1.29 is 14.6 Å². The zero-order valence-electron chi connectivity index (χ0n) is 11.2. The van der Waals surface area contributed by atoms with Gasteiger partial charge in [-0.15, -0.1) is 0 Å². The molecule has 0 saturated carbocycles. The van der Waals surface area contributed by atoms with Crippen molar-refractivity contribution in [2.24, 2.45) is 5.73 Å². The Morgan fingerprint density at radius 1 is 1.25 bits per heavy atom. The van der Waals surface area contributed by atoms with Crippen molar-refractivity contribution in [2.45, 2.75) is 12.5 Å². The number of nitrogens with two attached hydrogens (primary N) is 1. The molecule has 0 fully saturated rings. The molecule has 0 aliphatic carbocycles. The smallest absolute Gasteiger partial charge is 0.320 e. The predicted octanol–water partition coefficient (Wildman–Crippen LogP) is 2.32. The van der Waals surface area contributed by atoms with E-state index in [1.54, 1.807) is 7.11 Å². The summed E-state index contributed by atoms with van der Waals surface area (Å²) in [5.74, 6) is -0.289. The van der Waals surface area contributed by atoms with Crippen molar-refractivity contribution >= 4 is 5.97 Å². The first-order chi connectivity index (χ1) is 9.61. The molecule has 0 heterocycles. The third-order valence-electron chi connectivity index (χ3n) is 3.12. The molecule has 0 radical (unpaired) electrons. The lowest BCUT2D eigenvalue weighted by atomic mass is 9.99. The summed E-state index contributed by atoms with van der Waals surface area (Å²) in [6, 6.07) is 14.6. The Balaban J connectivity index is 2.31. The van der Waals surface area contributed by atoms with Crippen LogP contribution < -0.4 is 10.5 Å². The fraction of sp³-hybridized carbons (Fsp3) is 0.188. The first kappa shape index (κ1) is 14.1. The summed E-state index contributed by atoms with van der Waals surface area (Å²) in [6.07, 6.45) is 0.279. The number of carbonyl (C=O) groups is 1. The average Bonchev–Trinajstić information content (AvgIpc) is 2.47. The Morgan fingerprint density at radius 2 is 1.95 bits per heavy atom. The number of benzene rings is 2. The maximum atomic E-state index is 10.8. The van der Waals surface area contributed by atoms with Gasteiger partial charge in [-0.25, -0.2) is 0 Å². The number of ether oxygens (including phenoxy) is 1. The third-order valence-corrected chi connectivity index (χ3v) is 3.12. The summed E-state index contributed by atoms with van der Waals surface area (Å²) in [5, 5.41) is 8.85. The van der Waals surface area contributed by atoms with Gasteiger partial charge < -0.3 is 15.6 Å². The second kappa shape index (κ2) is 6.21. The number of hydrogen-bond acceptors (Lipinski definition) is 3. The topological polar surface area (TPSA) is 72.5 Å². The molecule has 20 heavy (non-hydrogen) atoms. The zero-order valence-corrected chi connectivity index (χ0v) is 11.2. The summed E-state index contributed by atoms with van der Waals surface area (Å²) in [4.78, 5) is 10.8. The van der Waals surface area contributed by atoms with Crippen molar-refractivity contribution in [1.29, 1.82) is 0 Å². The van der Waals surface area contributed by atoms with Gasteiger partial charge in [-0.3, -0.25) is 4.79 Å². The van der Waals surface area contributed by atoms with Crippen molar-refractivity contribution in [3.63, 3.8) is 0 Å². The van der Waals surface area contributed by atoms with Gasteiger partial charge in [-0.05, 0) is 23.6 Å². The molecule has 4 nitrogen and oxygen atoms in total. The highest BCUT2D eigenvalue weighted by atomic mass is 16.5. The van der Waals surface area contributed by atoms with Crippen LogP contribution in [0.3, 0.4) is 0 Å². The van der Waals surface area contributed by atoms with Crippen LogP contribution in [0.15, 0.2) is 48.5 Å². The highest BCUT2D eigenvalue weighted by Crippen LogP contribution is 2.30. The molecule has 2 aromatic rings. The van der Waals surface area contributed by atoms with Gasteiger partial charge in [0, 0.05) is 5.56 Å². The molecule has 4 heteroatoms. The van der Waals surface area contributed by atoms with Gasteiger partial charge in [0.2, 0.25) is 0 Å². The minimum absolute atomic E-state index is 0.279. The first-order valence-corrected chi connectivity index (χ1v) is 6.32. The quantitative estimate of drug-likeness (QED) is 0.875. The van der Waals surface area contributed by atoms with Gasteiger partial charge in [-0.1, -0.05) is 42.5 Å². The monoisotopic (exact) mass is 271 g/mol. The van der Waals surface area contributed by atoms with Gasteiger partial charge in [0.15, 0.2) is 0 Å². The van der Waals surface area contributed by atoms with E-state index in [0.717, 1.165) is 16.7 Å². The molecule has 0 aliphatic rings. The van der Waals surface area contributed by atoms with Crippen molar-refractivity contribution in [2.75, 3.05) is 7.11 Å². The number of aliphatic carboxylic acids is 1. The van der Waals surface area contributed by atoms with Gasteiger partial charge in [0.1, 0.15) is 11.8 Å². The lowest BCUT2D eigenvalue weighted by Gasteiger charge is -2.12. The zero-order chi connectivity index (χ0) is 14.5. The van der Waals surface area contributed by atoms with E-state index in [2.05, 4.69) is 0 Å². The van der Waals surface area contributed by atoms with Gasteiger partial charge in [0.05, 0.1) is 7.11 Å². The lowest BCUT2D eigenvalue weighted by Crippen LogP contribution is -2.32. The number of methoxy groups -OCH3 is 1. The maximum Gasteiger partial charge on any atom is 0.320 e. The van der Waals surface area contributed by atoms with Crippen LogP contribution in [0.5, 0.6) is 5.75 Å². The fourth-order valence-electron chi connectivity index (χ4n) is 2.06. The standard InChI is InChI=1S/C16H17NO3/c1-20-15-10-11(9-14(17)16(18)19)7-8-13(15)12-5-3-2-4-6-12/h2-8,10,14H,9,17H2,1H3,(H,18,19)/t14-/m0/s1. The lowest BCUT2D eigenvalue weighted by molar-refractivity contribution is -0.138. The summed E-state index contributed by atoms with van der Waals surface area (Å²) in [5.41, 5.74) is 8.42. The molecule has 0 aromatic heterocycles. The molecule has 1 atom stereocenters. The van der Waals surface area contributed by atoms with Crippen LogP contribution in [-0.2, 0) is 11.2 Å². The van der Waals surface area contributed by atoms with Gasteiger partial charge >= 0.3 is 5.97 Å². The second-order valence-corrected chi connectivity index (χ2v) is 4.55. The summed E-state index contributed by atoms with van der Waals surface area (Å²) >= 11 is 0. The summed E-state index contributed by atoms with van der Waals surface area (Å²) in [6.45, 7) is 0. The van der Waals surface area contributed by atoms with E-state index in [-0.39, 0.29) is 6.42 Å². The van der Waals surface area contributed by atoms with Crippen LogP contribution in [0.1, 0.15) is 5.56 Å². The molecule has 0 unspecified atom stereocenters. The first-order valence-electron chi connectivity index (χ1n) is 6.32. The van der Waals surface area contributed by atoms with E-state index < -0.39 is 12.0 Å². The highest BCUT2D eigenvalue weighted by Gasteiger charge is 2.14. The third kappa shape index (κ3) is 3.16. The van der Waals surface area contributed by atoms with Gasteiger partial charge in [-0.2, -0.15) is 0 Å². The Hall–Kier alpha value is -2.33. The number of carboxylic acid groups (broad SMARTS) is 1. The van der Waals surface area contributed by atoms with E-state index in [0.29, 0.717) is 5.75 Å². The molecule has 2 aromatic carbocycles. The molecule has 0 spiro atoms. The number of hydrogen-bond donors (Lipinski definition) is 2. The van der Waals surface area contributed by atoms with Crippen molar-refractivity contribution in [3.8, 4) is 16.9 Å². The van der Waals surface area contributed by atoms with E-state index in [1.807, 2.05) is 48.5 Å². The van der Waals surface area contributed by atoms with Crippen molar-refractivity contribution in [1.82, 2.24) is 0 Å². The van der Waals surface area contributed by atoms with Crippen LogP contribution in [0, 0.1) is 0 Å². The highest BCUT2D eigenvalue weighted by molar-refractivity contribution is 5.74. The molecule has 104 valence electrons. The molecular weight excluding hydrogens is 254 g/mol. The predicted molar refractivity (Wildman–Crippen MR) is 77.7 cm³/mol. The number of carboxylic acids is 1. The van der Waals surface area contributed by atoms with Crippen LogP contribution in [0.4, 0.5) is 0 Å². The summed E-state index contributed by atoms with van der Waals surface area (Å²) in [7, 11) is 1.60. The maximum absolute atomic E-state index is 10.8. The van der Waals surface area contributed by atoms with Crippen LogP contribution in [-0.4, -0.2) is 24.2 Å². The minimum atomic E-state index is -1.00. The number of rotatable bonds is 5.